The van der Waals surface area contributed by atoms with Crippen molar-refractivity contribution >= 4 is 20.8 Å². The van der Waals surface area contributed by atoms with Crippen LogP contribution in [0.15, 0.2) is 42.5 Å². The van der Waals surface area contributed by atoms with Crippen molar-refractivity contribution in [2.24, 2.45) is 5.92 Å². The van der Waals surface area contributed by atoms with Crippen molar-refractivity contribution in [2.75, 3.05) is 25.9 Å². The molecule has 0 saturated carbocycles. The fraction of sp³-hybridized carbons (Fsp3) is 0.474. The molecule has 130 valence electrons. The summed E-state index contributed by atoms with van der Waals surface area (Å²) < 4.78 is 25.3. The molecule has 3 rings (SSSR count). The van der Waals surface area contributed by atoms with E-state index in [0.29, 0.717) is 18.5 Å². The van der Waals surface area contributed by atoms with Crippen LogP contribution >= 0.6 is 0 Å². The Kier molecular flexibility index (Phi) is 5.23. The SMILES string of the molecule is C[C@H](c1ccc2ccccc2c1)N1CCC[C@H](CNS(C)(=O)=O)C1. The number of sulfonamides is 1. The molecule has 1 heterocycles. The predicted molar refractivity (Wildman–Crippen MR) is 99.5 cm³/mol. The first-order valence-corrected chi connectivity index (χ1v) is 10.5. The first-order valence-electron chi connectivity index (χ1n) is 8.60. The molecule has 2 aromatic carbocycles. The molecule has 0 spiro atoms. The van der Waals surface area contributed by atoms with Gasteiger partial charge in [-0.15, -0.1) is 0 Å². The average Bonchev–Trinajstić information content (AvgIpc) is 2.58. The molecule has 0 aliphatic carbocycles. The monoisotopic (exact) mass is 346 g/mol. The molecule has 0 radical (unpaired) electrons. The minimum absolute atomic E-state index is 0.343. The van der Waals surface area contributed by atoms with E-state index in [1.807, 2.05) is 0 Å². The van der Waals surface area contributed by atoms with Gasteiger partial charge in [0.1, 0.15) is 0 Å². The molecule has 1 N–H and O–H groups in total. The highest BCUT2D eigenvalue weighted by atomic mass is 32.2. The van der Waals surface area contributed by atoms with Crippen LogP contribution in [0.5, 0.6) is 0 Å². The fourth-order valence-electron chi connectivity index (χ4n) is 3.56. The van der Waals surface area contributed by atoms with Crippen molar-refractivity contribution in [1.29, 1.82) is 0 Å². The molecular formula is C19H26N2O2S. The predicted octanol–water partition coefficient (Wildman–Crippen LogP) is 3.16. The molecule has 4 nitrogen and oxygen atoms in total. The minimum atomic E-state index is -3.11. The molecule has 2 atom stereocenters. The Morgan fingerprint density at radius 1 is 1.21 bits per heavy atom. The fourth-order valence-corrected chi connectivity index (χ4v) is 4.10. The molecule has 24 heavy (non-hydrogen) atoms. The maximum atomic E-state index is 11.3. The van der Waals surface area contributed by atoms with Gasteiger partial charge >= 0.3 is 0 Å². The Bertz CT molecular complexity index is 804. The van der Waals surface area contributed by atoms with Crippen LogP contribution in [-0.4, -0.2) is 39.2 Å². The third-order valence-corrected chi connectivity index (χ3v) is 5.68. The Balaban J connectivity index is 1.69. The molecule has 0 unspecified atom stereocenters. The van der Waals surface area contributed by atoms with Crippen LogP contribution in [0.25, 0.3) is 10.8 Å². The summed E-state index contributed by atoms with van der Waals surface area (Å²) in [7, 11) is -3.11. The molecule has 0 bridgehead atoms. The molecule has 0 aromatic heterocycles. The molecule has 5 heteroatoms. The third kappa shape index (κ3) is 4.35. The summed E-state index contributed by atoms with van der Waals surface area (Å²) in [5.74, 6) is 0.386. The second-order valence-electron chi connectivity index (χ2n) is 6.91. The quantitative estimate of drug-likeness (QED) is 0.905. The van der Waals surface area contributed by atoms with E-state index in [1.165, 1.54) is 22.6 Å². The van der Waals surface area contributed by atoms with E-state index in [1.54, 1.807) is 0 Å². The van der Waals surface area contributed by atoms with Gasteiger partial charge in [-0.25, -0.2) is 13.1 Å². The van der Waals surface area contributed by atoms with E-state index in [-0.39, 0.29) is 0 Å². The summed E-state index contributed by atoms with van der Waals surface area (Å²) in [5, 5.41) is 2.54. The first kappa shape index (κ1) is 17.4. The van der Waals surface area contributed by atoms with Crippen molar-refractivity contribution < 1.29 is 8.42 Å². The van der Waals surface area contributed by atoms with E-state index in [2.05, 4.69) is 59.0 Å². The van der Waals surface area contributed by atoms with Gasteiger partial charge in [0.2, 0.25) is 10.0 Å². The number of piperidine rings is 1. The van der Waals surface area contributed by atoms with Crippen molar-refractivity contribution in [2.45, 2.75) is 25.8 Å². The van der Waals surface area contributed by atoms with Crippen LogP contribution in [0.1, 0.15) is 31.4 Å². The number of hydrogen-bond donors (Lipinski definition) is 1. The van der Waals surface area contributed by atoms with Gasteiger partial charge in [-0.05, 0) is 54.6 Å². The number of rotatable bonds is 5. The van der Waals surface area contributed by atoms with Gasteiger partial charge in [-0.3, -0.25) is 4.90 Å². The lowest BCUT2D eigenvalue weighted by molar-refractivity contribution is 0.133. The maximum absolute atomic E-state index is 11.3. The van der Waals surface area contributed by atoms with Crippen LogP contribution in [0.2, 0.25) is 0 Å². The van der Waals surface area contributed by atoms with Crippen molar-refractivity contribution in [1.82, 2.24) is 9.62 Å². The molecular weight excluding hydrogens is 320 g/mol. The standard InChI is InChI=1S/C19H26N2O2S/c1-15(18-10-9-17-7-3-4-8-19(17)12-18)21-11-5-6-16(14-21)13-20-24(2,22)23/h3-4,7-10,12,15-16,20H,5-6,11,13-14H2,1-2H3/t15-,16-/m1/s1. The van der Waals surface area contributed by atoms with Crippen molar-refractivity contribution in [3.8, 4) is 0 Å². The van der Waals surface area contributed by atoms with Crippen molar-refractivity contribution in [3.05, 3.63) is 48.0 Å². The lowest BCUT2D eigenvalue weighted by atomic mass is 9.94. The minimum Gasteiger partial charge on any atom is -0.296 e. The average molecular weight is 346 g/mol. The Hall–Kier alpha value is -1.43. The molecule has 1 fully saturated rings. The van der Waals surface area contributed by atoms with Gasteiger partial charge < -0.3 is 0 Å². The van der Waals surface area contributed by atoms with Gasteiger partial charge in [-0.2, -0.15) is 0 Å². The molecule has 1 aliphatic rings. The second kappa shape index (κ2) is 7.21. The van der Waals surface area contributed by atoms with Gasteiger partial charge in [0, 0.05) is 19.1 Å². The largest absolute Gasteiger partial charge is 0.296 e. The number of likely N-dealkylation sites (tertiary alicyclic amines) is 1. The maximum Gasteiger partial charge on any atom is 0.208 e. The first-order chi connectivity index (χ1) is 11.4. The van der Waals surface area contributed by atoms with Crippen LogP contribution < -0.4 is 4.72 Å². The molecule has 2 aromatic rings. The molecule has 1 aliphatic heterocycles. The highest BCUT2D eigenvalue weighted by Gasteiger charge is 2.25. The summed E-state index contributed by atoms with van der Waals surface area (Å²) in [6, 6.07) is 15.5. The summed E-state index contributed by atoms with van der Waals surface area (Å²) >= 11 is 0. The van der Waals surface area contributed by atoms with Crippen LogP contribution in [0.4, 0.5) is 0 Å². The Labute approximate surface area is 144 Å². The van der Waals surface area contributed by atoms with Crippen LogP contribution in [0.3, 0.4) is 0 Å². The Morgan fingerprint density at radius 2 is 1.96 bits per heavy atom. The van der Waals surface area contributed by atoms with E-state index < -0.39 is 10.0 Å². The van der Waals surface area contributed by atoms with E-state index in [0.717, 1.165) is 25.9 Å². The van der Waals surface area contributed by atoms with Gasteiger partial charge in [0.25, 0.3) is 0 Å². The summed E-state index contributed by atoms with van der Waals surface area (Å²) in [6.07, 6.45) is 3.43. The number of nitrogens with zero attached hydrogens (tertiary/aromatic N) is 1. The highest BCUT2D eigenvalue weighted by Crippen LogP contribution is 2.28. The molecule has 0 amide bonds. The topological polar surface area (TPSA) is 49.4 Å². The number of hydrogen-bond acceptors (Lipinski definition) is 3. The van der Waals surface area contributed by atoms with E-state index >= 15 is 0 Å². The number of nitrogens with one attached hydrogen (secondary N) is 1. The number of fused-ring (bicyclic) bond motifs is 1. The number of benzene rings is 2. The summed E-state index contributed by atoms with van der Waals surface area (Å²) in [6.45, 7) is 4.80. The van der Waals surface area contributed by atoms with Gasteiger partial charge in [0.15, 0.2) is 0 Å². The normalized spacial score (nSPS) is 21.0. The third-order valence-electron chi connectivity index (χ3n) is 4.99. The van der Waals surface area contributed by atoms with Gasteiger partial charge in [-0.1, -0.05) is 36.4 Å². The zero-order chi connectivity index (χ0) is 17.2. The lowest BCUT2D eigenvalue weighted by Gasteiger charge is -2.37. The Morgan fingerprint density at radius 3 is 2.71 bits per heavy atom. The lowest BCUT2D eigenvalue weighted by Crippen LogP contribution is -2.41. The zero-order valence-electron chi connectivity index (χ0n) is 14.4. The summed E-state index contributed by atoms with van der Waals surface area (Å²) in [5.41, 5.74) is 1.32. The van der Waals surface area contributed by atoms with Crippen LogP contribution in [-0.2, 0) is 10.0 Å². The second-order valence-corrected chi connectivity index (χ2v) is 8.74. The van der Waals surface area contributed by atoms with Crippen molar-refractivity contribution in [3.63, 3.8) is 0 Å². The van der Waals surface area contributed by atoms with Crippen LogP contribution in [0, 0.1) is 5.92 Å². The van der Waals surface area contributed by atoms with Gasteiger partial charge in [0.05, 0.1) is 6.26 Å². The smallest absolute Gasteiger partial charge is 0.208 e. The van der Waals surface area contributed by atoms with E-state index in [9.17, 15) is 8.42 Å². The zero-order valence-corrected chi connectivity index (χ0v) is 15.2. The molecule has 1 saturated heterocycles. The highest BCUT2D eigenvalue weighted by molar-refractivity contribution is 7.88. The van der Waals surface area contributed by atoms with E-state index in [4.69, 9.17) is 0 Å². The summed E-state index contributed by atoms with van der Waals surface area (Å²) in [4.78, 5) is 2.47.